The number of carbonyl (C=O) groups is 2. The van der Waals surface area contributed by atoms with Gasteiger partial charge in [-0.2, -0.15) is 4.98 Å². The highest BCUT2D eigenvalue weighted by Crippen LogP contribution is 2.41. The molecule has 0 unspecified atom stereocenters. The van der Waals surface area contributed by atoms with Gasteiger partial charge in [-0.05, 0) is 13.0 Å². The number of hydrogen-bond acceptors (Lipinski definition) is 6. The van der Waals surface area contributed by atoms with Crippen LogP contribution in [0.15, 0.2) is 28.8 Å². The first kappa shape index (κ1) is 13.7. The van der Waals surface area contributed by atoms with Crippen LogP contribution in [0.4, 0.5) is 4.79 Å². The fourth-order valence-electron chi connectivity index (χ4n) is 3.06. The van der Waals surface area contributed by atoms with Gasteiger partial charge in [0.1, 0.15) is 12.3 Å². The van der Waals surface area contributed by atoms with Crippen LogP contribution in [0.1, 0.15) is 23.7 Å². The summed E-state index contributed by atoms with van der Waals surface area (Å²) in [6.45, 7) is 1.99. The number of nitrogens with zero attached hydrogens (tertiary/aromatic N) is 3. The van der Waals surface area contributed by atoms with Crippen LogP contribution in [-0.4, -0.2) is 33.6 Å². The van der Waals surface area contributed by atoms with Gasteiger partial charge in [0.05, 0.1) is 6.61 Å². The number of fused-ring (bicyclic) bond motifs is 2. The van der Waals surface area contributed by atoms with Crippen molar-refractivity contribution >= 4 is 11.9 Å². The zero-order valence-electron chi connectivity index (χ0n) is 12.4. The van der Waals surface area contributed by atoms with Gasteiger partial charge >= 0.3 is 6.03 Å². The summed E-state index contributed by atoms with van der Waals surface area (Å²) in [5, 5.41) is 6.49. The van der Waals surface area contributed by atoms with E-state index in [2.05, 4.69) is 15.5 Å². The molecule has 8 heteroatoms. The molecule has 3 amide bonds. The molecule has 118 valence electrons. The average Bonchev–Trinajstić information content (AvgIpc) is 3.06. The second kappa shape index (κ2) is 4.80. The minimum atomic E-state index is -1.08. The largest absolute Gasteiger partial charge is 0.493 e. The van der Waals surface area contributed by atoms with Crippen molar-refractivity contribution in [3.63, 3.8) is 0 Å². The van der Waals surface area contributed by atoms with E-state index in [-0.39, 0.29) is 18.3 Å². The molecule has 0 saturated carbocycles. The molecule has 1 N–H and O–H groups in total. The number of benzene rings is 1. The average molecular weight is 314 g/mol. The standard InChI is InChI=1S/C15H14N4O4/c1-9-16-12(23-18-9)8-19-13(20)15(17-14(19)21)6-7-22-11-5-3-2-4-10(11)15/h2-5H,6-8H2,1H3,(H,17,21)/t15-/m0/s1. The molecule has 23 heavy (non-hydrogen) atoms. The Hall–Kier alpha value is -2.90. The summed E-state index contributed by atoms with van der Waals surface area (Å²) in [7, 11) is 0. The van der Waals surface area contributed by atoms with Crippen molar-refractivity contribution in [1.82, 2.24) is 20.4 Å². The van der Waals surface area contributed by atoms with Gasteiger partial charge in [-0.15, -0.1) is 0 Å². The van der Waals surface area contributed by atoms with E-state index in [0.29, 0.717) is 30.2 Å². The molecule has 2 aliphatic rings. The lowest BCUT2D eigenvalue weighted by molar-refractivity contribution is -0.133. The smallest absolute Gasteiger partial charge is 0.325 e. The van der Waals surface area contributed by atoms with Crippen molar-refractivity contribution in [3.8, 4) is 5.75 Å². The van der Waals surface area contributed by atoms with Crippen LogP contribution >= 0.6 is 0 Å². The van der Waals surface area contributed by atoms with E-state index in [1.165, 1.54) is 0 Å². The first-order chi connectivity index (χ1) is 11.1. The minimum absolute atomic E-state index is 0.0454. The summed E-state index contributed by atoms with van der Waals surface area (Å²) >= 11 is 0. The Balaban J connectivity index is 1.70. The van der Waals surface area contributed by atoms with Gasteiger partial charge in [0.2, 0.25) is 5.89 Å². The zero-order chi connectivity index (χ0) is 16.0. The number of urea groups is 1. The Kier molecular flexibility index (Phi) is 2.87. The van der Waals surface area contributed by atoms with Crippen LogP contribution in [0.3, 0.4) is 0 Å². The SMILES string of the molecule is Cc1noc(CN2C(=O)N[C@]3(CCOc4ccccc43)C2=O)n1. The quantitative estimate of drug-likeness (QED) is 0.834. The van der Waals surface area contributed by atoms with Gasteiger partial charge in [0, 0.05) is 12.0 Å². The molecule has 1 fully saturated rings. The Morgan fingerprint density at radius 2 is 2.17 bits per heavy atom. The van der Waals surface area contributed by atoms with Crippen LogP contribution in [0.25, 0.3) is 0 Å². The molecule has 8 nitrogen and oxygen atoms in total. The highest BCUT2D eigenvalue weighted by molar-refractivity contribution is 6.07. The van der Waals surface area contributed by atoms with Crippen LogP contribution < -0.4 is 10.1 Å². The summed E-state index contributed by atoms with van der Waals surface area (Å²) in [6, 6.07) is 6.77. The lowest BCUT2D eigenvalue weighted by atomic mass is 9.84. The number of hydrogen-bond donors (Lipinski definition) is 1. The van der Waals surface area contributed by atoms with Crippen LogP contribution in [0, 0.1) is 6.92 Å². The number of nitrogens with one attached hydrogen (secondary N) is 1. The van der Waals surface area contributed by atoms with Crippen molar-refractivity contribution in [3.05, 3.63) is 41.5 Å². The molecule has 0 aliphatic carbocycles. The first-order valence-corrected chi connectivity index (χ1v) is 7.26. The van der Waals surface area contributed by atoms with Crippen molar-refractivity contribution < 1.29 is 18.8 Å². The Bertz CT molecular complexity index is 802. The molecule has 3 heterocycles. The Morgan fingerprint density at radius 1 is 1.35 bits per heavy atom. The van der Waals surface area contributed by atoms with Crippen molar-refractivity contribution in [2.45, 2.75) is 25.4 Å². The fourth-order valence-corrected chi connectivity index (χ4v) is 3.06. The van der Waals surface area contributed by atoms with E-state index in [1.807, 2.05) is 12.1 Å². The van der Waals surface area contributed by atoms with Crippen molar-refractivity contribution in [2.24, 2.45) is 0 Å². The van der Waals surface area contributed by atoms with E-state index in [1.54, 1.807) is 19.1 Å². The third-order valence-electron chi connectivity index (χ3n) is 4.12. The maximum Gasteiger partial charge on any atom is 0.325 e. The zero-order valence-corrected chi connectivity index (χ0v) is 12.4. The minimum Gasteiger partial charge on any atom is -0.493 e. The number of carbonyl (C=O) groups excluding carboxylic acids is 2. The molecule has 1 spiro atoms. The van der Waals surface area contributed by atoms with Gasteiger partial charge < -0.3 is 14.6 Å². The number of imide groups is 1. The van der Waals surface area contributed by atoms with Gasteiger partial charge in [-0.1, -0.05) is 23.4 Å². The number of aromatic nitrogens is 2. The monoisotopic (exact) mass is 314 g/mol. The molecule has 2 aromatic rings. The Labute approximate surface area is 131 Å². The third kappa shape index (κ3) is 1.98. The molecule has 0 bridgehead atoms. The van der Waals surface area contributed by atoms with E-state index in [4.69, 9.17) is 9.26 Å². The van der Waals surface area contributed by atoms with Gasteiger partial charge in [0.25, 0.3) is 5.91 Å². The molecule has 2 aliphatic heterocycles. The lowest BCUT2D eigenvalue weighted by Gasteiger charge is -2.33. The highest BCUT2D eigenvalue weighted by atomic mass is 16.5. The van der Waals surface area contributed by atoms with Gasteiger partial charge in [0.15, 0.2) is 11.4 Å². The summed E-state index contributed by atoms with van der Waals surface area (Å²) in [5.74, 6) is 0.971. The molecule has 1 atom stereocenters. The van der Waals surface area contributed by atoms with Gasteiger partial charge in [-0.3, -0.25) is 9.69 Å². The first-order valence-electron chi connectivity index (χ1n) is 7.26. The normalized spacial score (nSPS) is 22.9. The highest BCUT2D eigenvalue weighted by Gasteiger charge is 2.55. The van der Waals surface area contributed by atoms with E-state index in [0.717, 1.165) is 4.90 Å². The topological polar surface area (TPSA) is 97.6 Å². The van der Waals surface area contributed by atoms with E-state index < -0.39 is 11.6 Å². The van der Waals surface area contributed by atoms with Gasteiger partial charge in [-0.25, -0.2) is 4.79 Å². The maximum absolute atomic E-state index is 13.0. The molecule has 0 radical (unpaired) electrons. The molecule has 1 aromatic heterocycles. The number of ether oxygens (including phenoxy) is 1. The number of para-hydroxylation sites is 1. The summed E-state index contributed by atoms with van der Waals surface area (Å²) < 4.78 is 10.6. The van der Waals surface area contributed by atoms with Crippen molar-refractivity contribution in [2.75, 3.05) is 6.61 Å². The predicted molar refractivity (Wildman–Crippen MR) is 76.3 cm³/mol. The summed E-state index contributed by atoms with van der Waals surface area (Å²) in [4.78, 5) is 30.5. The van der Waals surface area contributed by atoms with E-state index >= 15 is 0 Å². The third-order valence-corrected chi connectivity index (χ3v) is 4.12. The summed E-state index contributed by atoms with van der Waals surface area (Å²) in [5.41, 5.74) is -0.408. The molecular weight excluding hydrogens is 300 g/mol. The number of rotatable bonds is 2. The molecule has 1 saturated heterocycles. The Morgan fingerprint density at radius 3 is 2.96 bits per heavy atom. The molecular formula is C15H14N4O4. The fraction of sp³-hybridized carbons (Fsp3) is 0.333. The van der Waals surface area contributed by atoms with Crippen LogP contribution in [0.2, 0.25) is 0 Å². The summed E-state index contributed by atoms with van der Waals surface area (Å²) in [6.07, 6.45) is 0.383. The van der Waals surface area contributed by atoms with Crippen LogP contribution in [-0.2, 0) is 16.9 Å². The second-order valence-corrected chi connectivity index (χ2v) is 5.56. The van der Waals surface area contributed by atoms with Crippen molar-refractivity contribution in [1.29, 1.82) is 0 Å². The molecule has 4 rings (SSSR count). The number of aryl methyl sites for hydroxylation is 1. The lowest BCUT2D eigenvalue weighted by Crippen LogP contribution is -2.47. The van der Waals surface area contributed by atoms with E-state index in [9.17, 15) is 9.59 Å². The molecule has 1 aromatic carbocycles. The van der Waals surface area contributed by atoms with Crippen LogP contribution in [0.5, 0.6) is 5.75 Å². The second-order valence-electron chi connectivity index (χ2n) is 5.56. The number of amides is 3. The predicted octanol–water partition coefficient (Wildman–Crippen LogP) is 1.11. The maximum atomic E-state index is 13.0.